The molecule has 0 atom stereocenters. The molecule has 0 radical (unpaired) electrons. The highest BCUT2D eigenvalue weighted by atomic mass is 35.5. The van der Waals surface area contributed by atoms with Crippen LogP contribution in [0, 0.1) is 0 Å². The van der Waals surface area contributed by atoms with Crippen LogP contribution in [-0.2, 0) is 4.79 Å². The zero-order valence-corrected chi connectivity index (χ0v) is 13.1. The van der Waals surface area contributed by atoms with Crippen molar-refractivity contribution < 1.29 is 9.53 Å². The van der Waals surface area contributed by atoms with Crippen LogP contribution in [-0.4, -0.2) is 12.5 Å². The number of amides is 1. The van der Waals surface area contributed by atoms with Gasteiger partial charge in [-0.3, -0.25) is 4.79 Å². The fourth-order valence-corrected chi connectivity index (χ4v) is 2.04. The van der Waals surface area contributed by atoms with Crippen molar-refractivity contribution in [2.24, 2.45) is 0 Å². The summed E-state index contributed by atoms with van der Waals surface area (Å²) in [6, 6.07) is 14.7. The second-order valence-electron chi connectivity index (χ2n) is 4.72. The highest BCUT2D eigenvalue weighted by Crippen LogP contribution is 2.18. The van der Waals surface area contributed by atoms with Crippen LogP contribution >= 0.6 is 11.6 Å². The van der Waals surface area contributed by atoms with Crippen molar-refractivity contribution in [3.05, 3.63) is 65.2 Å². The third kappa shape index (κ3) is 4.93. The standard InChI is InChI=1S/C18H18ClNO2/c1-2-12-22-16-8-5-7-15(13-16)20-18(21)11-10-14-6-3-4-9-17(14)19/h3-11,13H,2,12H2,1H3,(H,20,21)/b11-10+. The van der Waals surface area contributed by atoms with Crippen molar-refractivity contribution in [1.82, 2.24) is 0 Å². The molecule has 114 valence electrons. The molecule has 0 bridgehead atoms. The molecule has 0 aromatic heterocycles. The van der Waals surface area contributed by atoms with Crippen molar-refractivity contribution in [2.45, 2.75) is 13.3 Å². The van der Waals surface area contributed by atoms with E-state index < -0.39 is 0 Å². The average Bonchev–Trinajstić information content (AvgIpc) is 2.52. The predicted molar refractivity (Wildman–Crippen MR) is 91.3 cm³/mol. The molecule has 0 unspecified atom stereocenters. The molecule has 3 nitrogen and oxygen atoms in total. The van der Waals surface area contributed by atoms with Crippen LogP contribution in [0.15, 0.2) is 54.6 Å². The fourth-order valence-electron chi connectivity index (χ4n) is 1.84. The van der Waals surface area contributed by atoms with Crippen LogP contribution < -0.4 is 10.1 Å². The quantitative estimate of drug-likeness (QED) is 0.779. The maximum atomic E-state index is 11.9. The Balaban J connectivity index is 1.98. The molecule has 0 aliphatic heterocycles. The maximum Gasteiger partial charge on any atom is 0.248 e. The Hall–Kier alpha value is -2.26. The van der Waals surface area contributed by atoms with Gasteiger partial charge in [-0.15, -0.1) is 0 Å². The number of hydrogen-bond acceptors (Lipinski definition) is 2. The summed E-state index contributed by atoms with van der Waals surface area (Å²) in [7, 11) is 0. The van der Waals surface area contributed by atoms with Crippen LogP contribution in [0.2, 0.25) is 5.02 Å². The molecule has 0 spiro atoms. The molecule has 0 fully saturated rings. The molecule has 2 aromatic carbocycles. The molecule has 4 heteroatoms. The van der Waals surface area contributed by atoms with Gasteiger partial charge in [-0.25, -0.2) is 0 Å². The normalized spacial score (nSPS) is 10.6. The van der Waals surface area contributed by atoms with Crippen LogP contribution in [0.5, 0.6) is 5.75 Å². The molecule has 0 aliphatic rings. The Morgan fingerprint density at radius 3 is 2.82 bits per heavy atom. The first-order valence-electron chi connectivity index (χ1n) is 7.15. The van der Waals surface area contributed by atoms with E-state index in [0.29, 0.717) is 17.3 Å². The minimum absolute atomic E-state index is 0.215. The Morgan fingerprint density at radius 2 is 2.05 bits per heavy atom. The lowest BCUT2D eigenvalue weighted by atomic mass is 10.2. The maximum absolute atomic E-state index is 11.9. The van der Waals surface area contributed by atoms with Gasteiger partial charge >= 0.3 is 0 Å². The van der Waals surface area contributed by atoms with Gasteiger partial charge in [0.2, 0.25) is 5.91 Å². The van der Waals surface area contributed by atoms with Gasteiger partial charge in [0.1, 0.15) is 5.75 Å². The Kier molecular flexibility index (Phi) is 6.04. The molecule has 0 saturated heterocycles. The third-order valence-corrected chi connectivity index (χ3v) is 3.24. The van der Waals surface area contributed by atoms with Crippen LogP contribution in [0.3, 0.4) is 0 Å². The number of benzene rings is 2. The molecule has 0 heterocycles. The summed E-state index contributed by atoms with van der Waals surface area (Å²) in [5.74, 6) is 0.530. The molecule has 2 aromatic rings. The molecule has 2 rings (SSSR count). The number of nitrogens with one attached hydrogen (secondary N) is 1. The van der Waals surface area contributed by atoms with Crippen molar-refractivity contribution in [3.63, 3.8) is 0 Å². The second kappa shape index (κ2) is 8.25. The average molecular weight is 316 g/mol. The van der Waals surface area contributed by atoms with E-state index in [1.165, 1.54) is 6.08 Å². The summed E-state index contributed by atoms with van der Waals surface area (Å²) in [6.07, 6.45) is 4.09. The first-order chi connectivity index (χ1) is 10.7. The fraction of sp³-hybridized carbons (Fsp3) is 0.167. The molecule has 1 amide bonds. The van der Waals surface area contributed by atoms with Gasteiger partial charge in [-0.2, -0.15) is 0 Å². The summed E-state index contributed by atoms with van der Waals surface area (Å²) < 4.78 is 5.54. The number of rotatable bonds is 6. The summed E-state index contributed by atoms with van der Waals surface area (Å²) in [5, 5.41) is 3.41. The number of anilines is 1. The van der Waals surface area contributed by atoms with Gasteiger partial charge in [-0.1, -0.05) is 42.8 Å². The van der Waals surface area contributed by atoms with E-state index in [2.05, 4.69) is 5.32 Å². The van der Waals surface area contributed by atoms with Crippen LogP contribution in [0.4, 0.5) is 5.69 Å². The number of carbonyl (C=O) groups is 1. The number of carbonyl (C=O) groups excluding carboxylic acids is 1. The summed E-state index contributed by atoms with van der Waals surface area (Å²) >= 11 is 6.04. The lowest BCUT2D eigenvalue weighted by Gasteiger charge is -2.07. The van der Waals surface area contributed by atoms with Crippen LogP contribution in [0.1, 0.15) is 18.9 Å². The predicted octanol–water partition coefficient (Wildman–Crippen LogP) is 4.78. The van der Waals surface area contributed by atoms with E-state index in [1.54, 1.807) is 18.2 Å². The van der Waals surface area contributed by atoms with Gasteiger partial charge in [0.15, 0.2) is 0 Å². The van der Waals surface area contributed by atoms with Gasteiger partial charge < -0.3 is 10.1 Å². The molecule has 22 heavy (non-hydrogen) atoms. The molecular weight excluding hydrogens is 298 g/mol. The first kappa shape index (κ1) is 16.1. The number of hydrogen-bond donors (Lipinski definition) is 1. The summed E-state index contributed by atoms with van der Waals surface area (Å²) in [5.41, 5.74) is 1.50. The van der Waals surface area contributed by atoms with Crippen molar-refractivity contribution >= 4 is 29.3 Å². The minimum Gasteiger partial charge on any atom is -0.494 e. The largest absolute Gasteiger partial charge is 0.494 e. The zero-order chi connectivity index (χ0) is 15.8. The van der Waals surface area contributed by atoms with E-state index >= 15 is 0 Å². The molecule has 1 N–H and O–H groups in total. The lowest BCUT2D eigenvalue weighted by molar-refractivity contribution is -0.111. The van der Waals surface area contributed by atoms with Crippen molar-refractivity contribution in [1.29, 1.82) is 0 Å². The van der Waals surface area contributed by atoms with Gasteiger partial charge in [0.05, 0.1) is 6.61 Å². The second-order valence-corrected chi connectivity index (χ2v) is 5.13. The number of ether oxygens (including phenoxy) is 1. The smallest absolute Gasteiger partial charge is 0.248 e. The SMILES string of the molecule is CCCOc1cccc(NC(=O)/C=C/c2ccccc2Cl)c1. The summed E-state index contributed by atoms with van der Waals surface area (Å²) in [4.78, 5) is 11.9. The Labute approximate surface area is 135 Å². The van der Waals surface area contributed by atoms with Crippen LogP contribution in [0.25, 0.3) is 6.08 Å². The van der Waals surface area contributed by atoms with Gasteiger partial charge in [0.25, 0.3) is 0 Å². The summed E-state index contributed by atoms with van der Waals surface area (Å²) in [6.45, 7) is 2.70. The van der Waals surface area contributed by atoms with E-state index in [1.807, 2.05) is 43.3 Å². The van der Waals surface area contributed by atoms with Crippen molar-refractivity contribution in [3.8, 4) is 5.75 Å². The van der Waals surface area contributed by atoms with Crippen molar-refractivity contribution in [2.75, 3.05) is 11.9 Å². The highest BCUT2D eigenvalue weighted by Gasteiger charge is 2.01. The molecule has 0 saturated carbocycles. The molecular formula is C18H18ClNO2. The lowest BCUT2D eigenvalue weighted by Crippen LogP contribution is -2.07. The molecule has 0 aliphatic carbocycles. The van der Waals surface area contributed by atoms with E-state index in [-0.39, 0.29) is 5.91 Å². The first-order valence-corrected chi connectivity index (χ1v) is 7.53. The van der Waals surface area contributed by atoms with Gasteiger partial charge in [0, 0.05) is 22.9 Å². The van der Waals surface area contributed by atoms with E-state index in [4.69, 9.17) is 16.3 Å². The topological polar surface area (TPSA) is 38.3 Å². The Morgan fingerprint density at radius 1 is 1.23 bits per heavy atom. The Bertz CT molecular complexity index is 668. The minimum atomic E-state index is -0.215. The monoisotopic (exact) mass is 315 g/mol. The zero-order valence-electron chi connectivity index (χ0n) is 12.4. The van der Waals surface area contributed by atoms with E-state index in [9.17, 15) is 4.79 Å². The highest BCUT2D eigenvalue weighted by molar-refractivity contribution is 6.32. The number of halogens is 1. The third-order valence-electron chi connectivity index (χ3n) is 2.89. The van der Waals surface area contributed by atoms with E-state index in [0.717, 1.165) is 17.7 Å². The van der Waals surface area contributed by atoms with Gasteiger partial charge in [-0.05, 0) is 36.3 Å².